The van der Waals surface area contributed by atoms with Gasteiger partial charge in [0.05, 0.1) is 11.5 Å². The second-order valence-corrected chi connectivity index (χ2v) is 6.15. The van der Waals surface area contributed by atoms with Gasteiger partial charge in [0.2, 0.25) is 5.91 Å². The zero-order chi connectivity index (χ0) is 22.5. The smallest absolute Gasteiger partial charge is 0.466 e. The molecule has 1 aromatic carbocycles. The number of nitrogens with zero attached hydrogens (tertiary/aromatic N) is 3. The van der Waals surface area contributed by atoms with Crippen LogP contribution in [0.25, 0.3) is 0 Å². The maximum atomic E-state index is 12.8. The number of amides is 2. The molecule has 1 aromatic rings. The van der Waals surface area contributed by atoms with E-state index >= 15 is 0 Å². The minimum Gasteiger partial charge on any atom is -0.466 e. The molecule has 0 aliphatic carbocycles. The van der Waals surface area contributed by atoms with Gasteiger partial charge in [0, 0.05) is 31.3 Å². The largest absolute Gasteiger partial charge is 0.471 e. The van der Waals surface area contributed by atoms with Crippen LogP contribution in [0.2, 0.25) is 0 Å². The fourth-order valence-electron chi connectivity index (χ4n) is 2.90. The summed E-state index contributed by atoms with van der Waals surface area (Å²) in [5.41, 5.74) is -0.423. The number of halogens is 3. The van der Waals surface area contributed by atoms with Crippen LogP contribution in [0.5, 0.6) is 0 Å². The number of benzene rings is 1. The molecule has 0 aromatic heterocycles. The summed E-state index contributed by atoms with van der Waals surface area (Å²) in [6, 6.07) is 5.27. The third-order valence-electron chi connectivity index (χ3n) is 4.17. The van der Waals surface area contributed by atoms with Crippen molar-refractivity contribution in [2.45, 2.75) is 25.9 Å². The Morgan fingerprint density at radius 2 is 1.93 bits per heavy atom. The van der Waals surface area contributed by atoms with E-state index in [-0.39, 0.29) is 31.0 Å². The summed E-state index contributed by atoms with van der Waals surface area (Å²) < 4.78 is 42.6. The summed E-state index contributed by atoms with van der Waals surface area (Å²) in [5.74, 6) is -3.71. The number of rotatable bonds is 6. The number of para-hydroxylation sites is 2. The van der Waals surface area contributed by atoms with Gasteiger partial charge in [-0.25, -0.2) is 0 Å². The van der Waals surface area contributed by atoms with Crippen LogP contribution in [-0.4, -0.2) is 53.5 Å². The molecule has 0 spiro atoms. The lowest BCUT2D eigenvalue weighted by Gasteiger charge is -2.32. The highest BCUT2D eigenvalue weighted by Crippen LogP contribution is 2.33. The van der Waals surface area contributed by atoms with Crippen LogP contribution < -0.4 is 4.90 Å². The summed E-state index contributed by atoms with van der Waals surface area (Å²) in [7, 11) is 0. The highest BCUT2D eigenvalue weighted by atomic mass is 19.4. The van der Waals surface area contributed by atoms with Gasteiger partial charge in [0.1, 0.15) is 12.1 Å². The van der Waals surface area contributed by atoms with Gasteiger partial charge in [-0.05, 0) is 19.1 Å². The first kappa shape index (κ1) is 22.8. The van der Waals surface area contributed by atoms with E-state index in [9.17, 15) is 37.7 Å². The Bertz CT molecular complexity index is 884. The highest BCUT2D eigenvalue weighted by molar-refractivity contribution is 6.06. The number of hydrogen-bond donors (Lipinski definition) is 0. The minimum absolute atomic E-state index is 0.0226. The van der Waals surface area contributed by atoms with Crippen LogP contribution >= 0.6 is 0 Å². The highest BCUT2D eigenvalue weighted by Gasteiger charge is 2.43. The van der Waals surface area contributed by atoms with E-state index in [0.717, 1.165) is 11.0 Å². The number of nitro benzene ring substituents is 1. The normalized spacial score (nSPS) is 14.0. The van der Waals surface area contributed by atoms with E-state index in [2.05, 4.69) is 0 Å². The molecule has 1 aliphatic heterocycles. The van der Waals surface area contributed by atoms with Crippen LogP contribution in [0.3, 0.4) is 0 Å². The van der Waals surface area contributed by atoms with Gasteiger partial charge in [0.15, 0.2) is 0 Å². The Hall–Kier alpha value is -3.44. The summed E-state index contributed by atoms with van der Waals surface area (Å²) in [5, 5.41) is 11.4. The van der Waals surface area contributed by atoms with E-state index in [1.54, 1.807) is 0 Å². The van der Waals surface area contributed by atoms with Gasteiger partial charge >= 0.3 is 18.1 Å². The standard InChI is InChI=1S/C18H18F3N3O6/c1-2-30-16(26)11-15(25)23(13-5-3-4-6-14(13)24(28)29)12-7-9-22(10-8-12)17(27)18(19,20)21/h3-7H,2,8-11H2,1H3. The number of anilines is 1. The number of ether oxygens (including phenoxy) is 1. The third-order valence-corrected chi connectivity index (χ3v) is 4.17. The maximum absolute atomic E-state index is 12.8. The second kappa shape index (κ2) is 9.37. The van der Waals surface area contributed by atoms with E-state index in [1.807, 2.05) is 0 Å². The molecule has 2 rings (SSSR count). The van der Waals surface area contributed by atoms with E-state index < -0.39 is 47.5 Å². The summed E-state index contributed by atoms with van der Waals surface area (Å²) in [6.07, 6.45) is -4.74. The maximum Gasteiger partial charge on any atom is 0.471 e. The first-order chi connectivity index (χ1) is 14.1. The van der Waals surface area contributed by atoms with Crippen molar-refractivity contribution in [1.82, 2.24) is 4.90 Å². The first-order valence-electron chi connectivity index (χ1n) is 8.83. The summed E-state index contributed by atoms with van der Waals surface area (Å²) >= 11 is 0. The fourth-order valence-corrected chi connectivity index (χ4v) is 2.90. The predicted molar refractivity (Wildman–Crippen MR) is 97.2 cm³/mol. The SMILES string of the molecule is CCOC(=O)CC(=O)N(C1=CCN(C(=O)C(F)(F)F)CC1)c1ccccc1[N+](=O)[O-]. The van der Waals surface area contributed by atoms with Crippen molar-refractivity contribution in [2.24, 2.45) is 0 Å². The lowest BCUT2D eigenvalue weighted by molar-refractivity contribution is -0.384. The molecule has 1 aliphatic rings. The van der Waals surface area contributed by atoms with E-state index in [4.69, 9.17) is 4.74 Å². The lowest BCUT2D eigenvalue weighted by atomic mass is 10.1. The molecule has 0 saturated carbocycles. The molecule has 0 radical (unpaired) electrons. The molecule has 0 fully saturated rings. The van der Waals surface area contributed by atoms with Crippen molar-refractivity contribution < 1.29 is 37.2 Å². The van der Waals surface area contributed by atoms with Crippen molar-refractivity contribution in [3.63, 3.8) is 0 Å². The molecule has 0 bridgehead atoms. The molecule has 2 amide bonds. The van der Waals surface area contributed by atoms with Crippen molar-refractivity contribution in [2.75, 3.05) is 24.6 Å². The molecule has 12 heteroatoms. The van der Waals surface area contributed by atoms with Gasteiger partial charge in [-0.2, -0.15) is 13.2 Å². The molecular weight excluding hydrogens is 411 g/mol. The Kier molecular flexibility index (Phi) is 7.14. The molecule has 9 nitrogen and oxygen atoms in total. The summed E-state index contributed by atoms with van der Waals surface area (Å²) in [4.78, 5) is 48.1. The molecule has 0 atom stereocenters. The number of esters is 1. The van der Waals surface area contributed by atoms with E-state index in [1.165, 1.54) is 31.2 Å². The number of nitro groups is 1. The Morgan fingerprint density at radius 1 is 1.27 bits per heavy atom. The zero-order valence-corrected chi connectivity index (χ0v) is 15.8. The van der Waals surface area contributed by atoms with Gasteiger partial charge in [0.25, 0.3) is 5.69 Å². The molecule has 30 heavy (non-hydrogen) atoms. The lowest BCUT2D eigenvalue weighted by Crippen LogP contribution is -2.45. The zero-order valence-electron chi connectivity index (χ0n) is 15.8. The number of carbonyl (C=O) groups is 3. The van der Waals surface area contributed by atoms with Crippen molar-refractivity contribution in [3.05, 3.63) is 46.2 Å². The second-order valence-electron chi connectivity index (χ2n) is 6.15. The average Bonchev–Trinajstić information content (AvgIpc) is 2.68. The molecular formula is C18H18F3N3O6. The third kappa shape index (κ3) is 5.33. The number of alkyl halides is 3. The Balaban J connectivity index is 2.39. The van der Waals surface area contributed by atoms with Crippen LogP contribution in [0, 0.1) is 10.1 Å². The minimum atomic E-state index is -5.04. The molecule has 162 valence electrons. The van der Waals surface area contributed by atoms with Crippen molar-refractivity contribution >= 4 is 29.2 Å². The monoisotopic (exact) mass is 429 g/mol. The molecule has 1 heterocycles. The predicted octanol–water partition coefficient (Wildman–Crippen LogP) is 2.56. The van der Waals surface area contributed by atoms with Crippen molar-refractivity contribution in [3.8, 4) is 0 Å². The molecule has 0 N–H and O–H groups in total. The Morgan fingerprint density at radius 3 is 2.47 bits per heavy atom. The van der Waals surface area contributed by atoms with Crippen molar-refractivity contribution in [1.29, 1.82) is 0 Å². The number of hydrogen-bond acceptors (Lipinski definition) is 6. The van der Waals surface area contributed by atoms with Gasteiger partial charge in [-0.1, -0.05) is 12.1 Å². The van der Waals surface area contributed by atoms with Crippen LogP contribution in [0.4, 0.5) is 24.5 Å². The van der Waals surface area contributed by atoms with Gasteiger partial charge in [-0.15, -0.1) is 0 Å². The topological polar surface area (TPSA) is 110 Å². The number of carbonyl (C=O) groups excluding carboxylic acids is 3. The van der Waals surface area contributed by atoms with Crippen LogP contribution in [0.15, 0.2) is 36.0 Å². The molecule has 0 saturated heterocycles. The fraction of sp³-hybridized carbons (Fsp3) is 0.389. The quantitative estimate of drug-likeness (QED) is 0.298. The molecule has 0 unspecified atom stereocenters. The first-order valence-corrected chi connectivity index (χ1v) is 8.83. The van der Waals surface area contributed by atoms with Crippen LogP contribution in [-0.2, 0) is 19.1 Å². The summed E-state index contributed by atoms with van der Waals surface area (Å²) in [6.45, 7) is 0.762. The van der Waals surface area contributed by atoms with Crippen LogP contribution in [0.1, 0.15) is 19.8 Å². The van der Waals surface area contributed by atoms with Gasteiger partial charge < -0.3 is 9.64 Å². The Labute approximate surface area is 168 Å². The van der Waals surface area contributed by atoms with Gasteiger partial charge in [-0.3, -0.25) is 29.4 Å². The average molecular weight is 429 g/mol. The van der Waals surface area contributed by atoms with E-state index in [0.29, 0.717) is 4.90 Å².